The van der Waals surface area contributed by atoms with Crippen molar-refractivity contribution in [2.24, 2.45) is 17.6 Å². The summed E-state index contributed by atoms with van der Waals surface area (Å²) < 4.78 is 103. The Morgan fingerprint density at radius 2 is 1.53 bits per heavy atom. The molecule has 13 nitrogen and oxygen atoms in total. The zero-order valence-corrected chi connectivity index (χ0v) is 33.1. The van der Waals surface area contributed by atoms with E-state index in [1.807, 2.05) is 0 Å². The largest absolute Gasteiger partial charge is 0.772 e. The van der Waals surface area contributed by atoms with Gasteiger partial charge in [-0.15, -0.1) is 0 Å². The van der Waals surface area contributed by atoms with Gasteiger partial charge in [-0.2, -0.15) is 26.3 Å². The minimum Gasteiger partial charge on any atom is -0.772 e. The van der Waals surface area contributed by atoms with Crippen LogP contribution in [0, 0.1) is 11.8 Å². The molecule has 0 aliphatic carbocycles. The number of hydrogen-bond acceptors (Lipinski definition) is 9. The summed E-state index contributed by atoms with van der Waals surface area (Å²) in [6.45, 7) is 2.58. The van der Waals surface area contributed by atoms with E-state index in [9.17, 15) is 54.3 Å². The number of halogens is 7. The van der Waals surface area contributed by atoms with Crippen LogP contribution in [-0.2, 0) is 43.2 Å². The van der Waals surface area contributed by atoms with Gasteiger partial charge in [0.25, 0.3) is 11.7 Å². The van der Waals surface area contributed by atoms with Gasteiger partial charge in [0.1, 0.15) is 17.8 Å². The quantitative estimate of drug-likeness (QED) is 0.127. The van der Waals surface area contributed by atoms with Crippen LogP contribution in [0.3, 0.4) is 0 Å². The van der Waals surface area contributed by atoms with Crippen molar-refractivity contribution in [1.29, 1.82) is 0 Å². The Morgan fingerprint density at radius 1 is 0.949 bits per heavy atom. The molecule has 5 N–H and O–H groups in total. The molecule has 0 radical (unpaired) electrons. The Bertz CT molecular complexity index is 1990. The van der Waals surface area contributed by atoms with Crippen LogP contribution in [0.1, 0.15) is 52.6 Å². The number of alkyl halides is 6. The second-order valence-electron chi connectivity index (χ2n) is 13.6. The Hall–Kier alpha value is -5.05. The van der Waals surface area contributed by atoms with Crippen LogP contribution in [-0.4, -0.2) is 92.4 Å². The molecule has 3 amide bonds. The normalized spacial score (nSPS) is 17.5. The molecule has 4 rings (SSSR count). The predicted molar refractivity (Wildman–Crippen MR) is 201 cm³/mol. The van der Waals surface area contributed by atoms with Crippen molar-refractivity contribution in [2.45, 2.75) is 69.0 Å². The molecule has 21 heteroatoms. The molecule has 1 aliphatic rings. The number of nitrogens with two attached hydrogens (primary N) is 1. The number of ketones is 1. The number of ether oxygens (including phenoxy) is 1. The monoisotopic (exact) mass is 877 g/mol. The van der Waals surface area contributed by atoms with Gasteiger partial charge in [0, 0.05) is 30.1 Å². The predicted octanol–water partition coefficient (Wildman–Crippen LogP) is 4.89. The number of carbonyl (C=O) groups excluding carboxylic acids is 4. The fourth-order valence-corrected chi connectivity index (χ4v) is 7.27. The summed E-state index contributed by atoms with van der Waals surface area (Å²) in [5.41, 5.74) is 7.59. The first-order valence-corrected chi connectivity index (χ1v) is 19.1. The Balaban J connectivity index is 0.00000122. The van der Waals surface area contributed by atoms with Crippen molar-refractivity contribution in [2.75, 3.05) is 13.7 Å². The average Bonchev–Trinajstić information content (AvgIpc) is 3.60. The van der Waals surface area contributed by atoms with E-state index in [2.05, 4.69) is 10.6 Å². The van der Waals surface area contributed by atoms with Gasteiger partial charge in [0.15, 0.2) is 0 Å². The van der Waals surface area contributed by atoms with Crippen LogP contribution in [0.5, 0.6) is 5.75 Å². The van der Waals surface area contributed by atoms with Crippen molar-refractivity contribution in [1.82, 2.24) is 15.5 Å². The lowest BCUT2D eigenvalue weighted by atomic mass is 9.95. The minimum atomic E-state index is -5.26. The van der Waals surface area contributed by atoms with Gasteiger partial charge in [0.05, 0.1) is 18.4 Å². The summed E-state index contributed by atoms with van der Waals surface area (Å²) in [6.07, 6.45) is -10.7. The van der Waals surface area contributed by atoms with Gasteiger partial charge >= 0.3 is 18.3 Å². The standard InChI is InChI=1S/C36H40ClF3N4O7S.C2HF3O2/c1-20(2)30(32(45)36(38,39)40)43-34(47)29-17-25(31(52(49)50)23-11-13-27(51-3)14-12-23)19-44(29)35(48)28(15-21-7-9-22(18-41)10-8-21)42-33(46)24-5-4-6-26(37)16-24;3-2(4,5)1(6)7/h4-14,16,20,25,28-31H,15,17-19,41H2,1-3H3,(H,42,46)(H,43,47)(H,49,50);(H,6,7)/p-1/t25-,28+,29+,30+,31?;/m1./s1. The van der Waals surface area contributed by atoms with Gasteiger partial charge in [0.2, 0.25) is 11.8 Å². The van der Waals surface area contributed by atoms with Crippen LogP contribution < -0.4 is 21.1 Å². The van der Waals surface area contributed by atoms with Crippen LogP contribution >= 0.6 is 11.6 Å². The Morgan fingerprint density at radius 3 is 2.00 bits per heavy atom. The lowest BCUT2D eigenvalue weighted by molar-refractivity contribution is -0.192. The molecule has 1 aliphatic heterocycles. The van der Waals surface area contributed by atoms with Crippen molar-refractivity contribution in [3.8, 4) is 5.75 Å². The number of benzene rings is 3. The van der Waals surface area contributed by atoms with E-state index in [1.54, 1.807) is 48.5 Å². The summed E-state index contributed by atoms with van der Waals surface area (Å²) in [5.74, 6) is -8.94. The van der Waals surface area contributed by atoms with Crippen LogP contribution in [0.15, 0.2) is 72.8 Å². The minimum absolute atomic E-state index is 0.0813. The molecular weight excluding hydrogens is 838 g/mol. The second-order valence-corrected chi connectivity index (χ2v) is 15.1. The molecular formula is C38H40ClF6N4O9S-. The number of rotatable bonds is 14. The molecule has 3 aromatic rings. The van der Waals surface area contributed by atoms with E-state index < -0.39 is 88.1 Å². The number of amides is 3. The van der Waals surface area contributed by atoms with E-state index >= 15 is 0 Å². The highest BCUT2D eigenvalue weighted by Gasteiger charge is 2.49. The zero-order chi connectivity index (χ0) is 44.4. The molecule has 59 heavy (non-hydrogen) atoms. The van der Waals surface area contributed by atoms with E-state index in [4.69, 9.17) is 32.0 Å². The third kappa shape index (κ3) is 13.5. The van der Waals surface area contributed by atoms with Gasteiger partial charge < -0.3 is 35.7 Å². The van der Waals surface area contributed by atoms with E-state index in [1.165, 1.54) is 45.2 Å². The maximum absolute atomic E-state index is 14.6. The summed E-state index contributed by atoms with van der Waals surface area (Å²) in [7, 11) is 1.43. The zero-order valence-electron chi connectivity index (χ0n) is 31.5. The number of carbonyl (C=O) groups is 5. The third-order valence-corrected chi connectivity index (χ3v) is 10.5. The smallest absolute Gasteiger partial charge is 0.490 e. The molecule has 3 aromatic carbocycles. The first-order chi connectivity index (χ1) is 27.5. The van der Waals surface area contributed by atoms with E-state index in [0.717, 1.165) is 10.5 Å². The highest BCUT2D eigenvalue weighted by molar-refractivity contribution is 7.79. The maximum atomic E-state index is 14.6. The number of aliphatic carboxylic acids is 1. The molecule has 0 bridgehead atoms. The summed E-state index contributed by atoms with van der Waals surface area (Å²) in [4.78, 5) is 64.2. The van der Waals surface area contributed by atoms with Gasteiger partial charge in [-0.25, -0.2) is 4.79 Å². The molecule has 1 fully saturated rings. The number of carboxylic acid groups (broad SMARTS) is 1. The first kappa shape index (κ1) is 48.3. The maximum Gasteiger partial charge on any atom is 0.490 e. The summed E-state index contributed by atoms with van der Waals surface area (Å²) >= 11 is 3.31. The molecule has 0 spiro atoms. The fourth-order valence-electron chi connectivity index (χ4n) is 6.19. The number of nitrogens with one attached hydrogen (secondary N) is 2. The van der Waals surface area contributed by atoms with Crippen LogP contribution in [0.4, 0.5) is 26.3 Å². The van der Waals surface area contributed by atoms with E-state index in [0.29, 0.717) is 16.9 Å². The number of carboxylic acids is 1. The Labute approximate surface area is 341 Å². The van der Waals surface area contributed by atoms with Gasteiger partial charge in [-0.05, 0) is 76.4 Å². The topological polar surface area (TPSA) is 208 Å². The SMILES string of the molecule is COc1ccc(C([C@@H]2C[C@@H](C(=O)N[C@H](C(=O)C(F)(F)F)C(C)C)N(C(=O)[C@H](Cc3ccc(CN)cc3)NC(=O)c3cccc(Cl)c3)C2)S(=O)[O-])cc1.O=C(O)C(F)(F)F. The van der Waals surface area contributed by atoms with Crippen LogP contribution in [0.2, 0.25) is 5.02 Å². The number of hydrogen-bond donors (Lipinski definition) is 4. The molecule has 322 valence electrons. The number of nitrogens with zero attached hydrogens (tertiary/aromatic N) is 1. The first-order valence-electron chi connectivity index (χ1n) is 17.6. The molecule has 1 saturated heterocycles. The lowest BCUT2D eigenvalue weighted by Gasteiger charge is -2.31. The average molecular weight is 878 g/mol. The highest BCUT2D eigenvalue weighted by atomic mass is 35.5. The number of likely N-dealkylation sites (tertiary alicyclic amines) is 1. The van der Waals surface area contributed by atoms with Gasteiger partial charge in [-0.1, -0.05) is 67.9 Å². The van der Waals surface area contributed by atoms with Crippen molar-refractivity contribution < 1.29 is 68.9 Å². The van der Waals surface area contributed by atoms with Gasteiger partial charge in [-0.3, -0.25) is 23.4 Å². The van der Waals surface area contributed by atoms with Crippen molar-refractivity contribution in [3.05, 3.63) is 100 Å². The molecule has 1 heterocycles. The van der Waals surface area contributed by atoms with Crippen molar-refractivity contribution in [3.63, 3.8) is 0 Å². The van der Waals surface area contributed by atoms with E-state index in [-0.39, 0.29) is 36.5 Å². The fraction of sp³-hybridized carbons (Fsp3) is 0.395. The second kappa shape index (κ2) is 20.8. The summed E-state index contributed by atoms with van der Waals surface area (Å²) in [6, 6.07) is 14.2. The van der Waals surface area contributed by atoms with Crippen LogP contribution in [0.25, 0.3) is 0 Å². The summed E-state index contributed by atoms with van der Waals surface area (Å²) in [5, 5.41) is 11.0. The molecule has 6 atom stereocenters. The molecule has 0 saturated carbocycles. The molecule has 0 aromatic heterocycles. The van der Waals surface area contributed by atoms with Crippen molar-refractivity contribution >= 4 is 52.2 Å². The molecule has 2 unspecified atom stereocenters. The lowest BCUT2D eigenvalue weighted by Crippen LogP contribution is -2.57. The highest BCUT2D eigenvalue weighted by Crippen LogP contribution is 2.38. The third-order valence-electron chi connectivity index (χ3n) is 9.16. The number of methoxy groups -OCH3 is 1. The number of Topliss-reactive ketones (excluding diaryl/α,β-unsaturated/α-hetero) is 1. The Kier molecular flexibility index (Phi) is 17.0.